The number of halogens is 5. The molecule has 9 heteroatoms. The van der Waals surface area contributed by atoms with Crippen LogP contribution in [0.5, 0.6) is 0 Å². The average Bonchev–Trinajstić information content (AvgIpc) is 2.29. The molecule has 1 aromatic heterocycles. The number of hydrogen-bond acceptors (Lipinski definition) is 4. The van der Waals surface area contributed by atoms with Gasteiger partial charge in [-0.15, -0.1) is 0 Å². The van der Waals surface area contributed by atoms with E-state index in [9.17, 15) is 13.2 Å². The van der Waals surface area contributed by atoms with Crippen LogP contribution >= 0.6 is 23.2 Å². The van der Waals surface area contributed by atoms with Crippen LogP contribution in [0.25, 0.3) is 11.1 Å². The van der Waals surface area contributed by atoms with Crippen molar-refractivity contribution in [1.82, 2.24) is 9.97 Å². The summed E-state index contributed by atoms with van der Waals surface area (Å²) in [6.07, 6.45) is -4.77. The van der Waals surface area contributed by atoms with Gasteiger partial charge in [0, 0.05) is 5.56 Å². The van der Waals surface area contributed by atoms with Crippen molar-refractivity contribution in [2.45, 2.75) is 6.18 Å². The summed E-state index contributed by atoms with van der Waals surface area (Å²) in [5.41, 5.74) is 8.90. The maximum atomic E-state index is 13.1. The van der Waals surface area contributed by atoms with Crippen LogP contribution in [0, 0.1) is 0 Å². The minimum Gasteiger partial charge on any atom is -0.383 e. The predicted octanol–water partition coefficient (Wildman–Crippen LogP) is 3.63. The number of aromatic nitrogens is 2. The van der Waals surface area contributed by atoms with E-state index < -0.39 is 29.2 Å². The van der Waals surface area contributed by atoms with Crippen LogP contribution in [-0.2, 0) is 6.18 Å². The van der Waals surface area contributed by atoms with Gasteiger partial charge in [-0.25, -0.2) is 4.98 Å². The highest BCUT2D eigenvalue weighted by molar-refractivity contribution is 6.39. The maximum Gasteiger partial charge on any atom is 0.434 e. The topological polar surface area (TPSA) is 77.8 Å². The molecular weight excluding hydrogens is 316 g/mol. The largest absolute Gasteiger partial charge is 0.434 e. The second kappa shape index (κ2) is 4.99. The lowest BCUT2D eigenvalue weighted by atomic mass is 10.0. The summed E-state index contributed by atoms with van der Waals surface area (Å²) in [6.45, 7) is 0. The first-order valence-electron chi connectivity index (χ1n) is 5.16. The Hall–Kier alpha value is -1.73. The molecule has 1 heterocycles. The average molecular weight is 323 g/mol. The predicted molar refractivity (Wildman–Crippen MR) is 71.3 cm³/mol. The Balaban J connectivity index is 2.87. The molecule has 20 heavy (non-hydrogen) atoms. The zero-order chi connectivity index (χ0) is 15.1. The lowest BCUT2D eigenvalue weighted by Gasteiger charge is -2.16. The molecule has 0 aliphatic carbocycles. The Morgan fingerprint density at radius 3 is 2.00 bits per heavy atom. The maximum absolute atomic E-state index is 13.1. The molecule has 0 atom stereocenters. The number of alkyl halides is 3. The van der Waals surface area contributed by atoms with Crippen LogP contribution in [0.4, 0.5) is 24.9 Å². The summed E-state index contributed by atoms with van der Waals surface area (Å²) in [5, 5.41) is 0.00569. The third-order valence-electron chi connectivity index (χ3n) is 2.44. The Kier molecular flexibility index (Phi) is 3.66. The molecule has 0 fully saturated rings. The van der Waals surface area contributed by atoms with Gasteiger partial charge in [0.05, 0.1) is 15.6 Å². The lowest BCUT2D eigenvalue weighted by molar-refractivity contribution is -0.140. The van der Waals surface area contributed by atoms with Crippen molar-refractivity contribution >= 4 is 35.0 Å². The monoisotopic (exact) mass is 322 g/mol. The highest BCUT2D eigenvalue weighted by Crippen LogP contribution is 2.43. The van der Waals surface area contributed by atoms with Crippen molar-refractivity contribution in [3.05, 3.63) is 33.9 Å². The van der Waals surface area contributed by atoms with Crippen molar-refractivity contribution < 1.29 is 13.2 Å². The number of nitrogens with zero attached hydrogens (tertiary/aromatic N) is 2. The van der Waals surface area contributed by atoms with Gasteiger partial charge < -0.3 is 11.5 Å². The number of nitrogens with two attached hydrogens (primary N) is 2. The summed E-state index contributed by atoms with van der Waals surface area (Å²) in [6, 6.07) is 4.27. The minimum absolute atomic E-state index is 0.00284. The van der Waals surface area contributed by atoms with E-state index in [1.165, 1.54) is 18.2 Å². The molecule has 106 valence electrons. The number of hydrogen-bond donors (Lipinski definition) is 2. The fourth-order valence-corrected chi connectivity index (χ4v) is 2.27. The summed E-state index contributed by atoms with van der Waals surface area (Å²) in [4.78, 5) is 6.74. The molecule has 0 saturated heterocycles. The van der Waals surface area contributed by atoms with Gasteiger partial charge in [0.1, 0.15) is 5.82 Å². The Morgan fingerprint density at radius 2 is 1.50 bits per heavy atom. The molecule has 0 saturated carbocycles. The van der Waals surface area contributed by atoms with Gasteiger partial charge in [-0.2, -0.15) is 18.2 Å². The summed E-state index contributed by atoms with van der Waals surface area (Å²) < 4.78 is 39.2. The quantitative estimate of drug-likeness (QED) is 0.840. The first-order chi connectivity index (χ1) is 9.21. The molecule has 0 aliphatic rings. The van der Waals surface area contributed by atoms with Crippen molar-refractivity contribution in [2.75, 3.05) is 11.5 Å². The molecular formula is C11H7Cl2F3N4. The van der Waals surface area contributed by atoms with Crippen molar-refractivity contribution in [3.8, 4) is 11.1 Å². The first kappa shape index (κ1) is 14.7. The molecule has 0 amide bonds. The second-order valence-electron chi connectivity index (χ2n) is 3.79. The minimum atomic E-state index is -4.77. The van der Waals surface area contributed by atoms with Crippen LogP contribution < -0.4 is 11.5 Å². The van der Waals surface area contributed by atoms with Crippen LogP contribution in [0.2, 0.25) is 10.0 Å². The number of rotatable bonds is 1. The van der Waals surface area contributed by atoms with Gasteiger partial charge in [-0.05, 0) is 12.1 Å². The van der Waals surface area contributed by atoms with Crippen molar-refractivity contribution in [3.63, 3.8) is 0 Å². The third kappa shape index (κ3) is 2.59. The van der Waals surface area contributed by atoms with Crippen LogP contribution in [0.3, 0.4) is 0 Å². The van der Waals surface area contributed by atoms with Crippen LogP contribution in [0.15, 0.2) is 18.2 Å². The smallest absolute Gasteiger partial charge is 0.383 e. The van der Waals surface area contributed by atoms with E-state index in [0.717, 1.165) is 0 Å². The summed E-state index contributed by atoms with van der Waals surface area (Å²) >= 11 is 11.8. The van der Waals surface area contributed by atoms with E-state index in [1.807, 2.05) is 0 Å². The van der Waals surface area contributed by atoms with Gasteiger partial charge in [-0.1, -0.05) is 29.3 Å². The molecule has 1 aromatic carbocycles. The zero-order valence-corrected chi connectivity index (χ0v) is 11.2. The third-order valence-corrected chi connectivity index (χ3v) is 3.07. The zero-order valence-electron chi connectivity index (χ0n) is 9.67. The van der Waals surface area contributed by atoms with E-state index in [1.54, 1.807) is 0 Å². The van der Waals surface area contributed by atoms with Gasteiger partial charge in [0.25, 0.3) is 0 Å². The van der Waals surface area contributed by atoms with E-state index in [4.69, 9.17) is 34.7 Å². The van der Waals surface area contributed by atoms with Gasteiger partial charge in [-0.3, -0.25) is 0 Å². The lowest BCUT2D eigenvalue weighted by Crippen LogP contribution is -2.15. The highest BCUT2D eigenvalue weighted by atomic mass is 35.5. The van der Waals surface area contributed by atoms with Crippen molar-refractivity contribution in [2.24, 2.45) is 0 Å². The first-order valence-corrected chi connectivity index (χ1v) is 5.92. The second-order valence-corrected chi connectivity index (χ2v) is 4.60. The molecule has 2 rings (SSSR count). The number of benzene rings is 1. The molecule has 2 aromatic rings. The van der Waals surface area contributed by atoms with Crippen LogP contribution in [0.1, 0.15) is 5.69 Å². The molecule has 0 unspecified atom stereocenters. The van der Waals surface area contributed by atoms with E-state index in [2.05, 4.69) is 9.97 Å². The Labute approximate surface area is 121 Å². The Morgan fingerprint density at radius 1 is 0.950 bits per heavy atom. The number of anilines is 2. The summed E-state index contributed by atoms with van der Waals surface area (Å²) in [7, 11) is 0. The van der Waals surface area contributed by atoms with E-state index in [0.29, 0.717) is 0 Å². The number of nitrogen functional groups attached to an aromatic ring is 2. The molecule has 0 spiro atoms. The molecule has 0 radical (unpaired) electrons. The fraction of sp³-hybridized carbons (Fsp3) is 0.0909. The van der Waals surface area contributed by atoms with Crippen LogP contribution in [-0.4, -0.2) is 9.97 Å². The Bertz CT molecular complexity index is 653. The SMILES string of the molecule is Nc1nc(N)c(-c2c(Cl)cccc2Cl)c(C(F)(F)F)n1. The normalized spacial score (nSPS) is 11.7. The summed E-state index contributed by atoms with van der Waals surface area (Å²) in [5.74, 6) is -1.03. The van der Waals surface area contributed by atoms with Gasteiger partial charge in [0.2, 0.25) is 5.95 Å². The van der Waals surface area contributed by atoms with Crippen molar-refractivity contribution in [1.29, 1.82) is 0 Å². The standard InChI is InChI=1S/C11H7Cl2F3N4/c12-4-2-1-3-5(13)6(4)7-8(11(14,15)16)19-10(18)20-9(7)17/h1-3H,(H4,17,18,19,20). The molecule has 4 N–H and O–H groups in total. The highest BCUT2D eigenvalue weighted by Gasteiger charge is 2.38. The van der Waals surface area contributed by atoms with Gasteiger partial charge >= 0.3 is 6.18 Å². The molecule has 0 bridgehead atoms. The molecule has 4 nitrogen and oxygen atoms in total. The van der Waals surface area contributed by atoms with E-state index >= 15 is 0 Å². The van der Waals surface area contributed by atoms with Gasteiger partial charge in [0.15, 0.2) is 5.69 Å². The van der Waals surface area contributed by atoms with E-state index in [-0.39, 0.29) is 15.6 Å². The fourth-order valence-electron chi connectivity index (χ4n) is 1.68. The molecule has 0 aliphatic heterocycles.